The predicted molar refractivity (Wildman–Crippen MR) is 61.8 cm³/mol. The fraction of sp³-hybridized carbons (Fsp3) is 0.636. The molecule has 0 fully saturated rings. The molecule has 5 nitrogen and oxygen atoms in total. The van der Waals surface area contributed by atoms with Crippen LogP contribution in [0.4, 0.5) is 0 Å². The van der Waals surface area contributed by atoms with Crippen molar-refractivity contribution in [3.05, 3.63) is 12.7 Å². The SMILES string of the molecule is C=CCC(NC(=O)C(CN)CCC)C(=O)O. The molecule has 1 amide bonds. The maximum absolute atomic E-state index is 11.7. The van der Waals surface area contributed by atoms with Gasteiger partial charge in [-0.2, -0.15) is 0 Å². The third kappa shape index (κ3) is 4.93. The van der Waals surface area contributed by atoms with Crippen LogP contribution in [0, 0.1) is 5.92 Å². The highest BCUT2D eigenvalue weighted by molar-refractivity contribution is 5.85. The van der Waals surface area contributed by atoms with Crippen LogP contribution in [0.15, 0.2) is 12.7 Å². The Labute approximate surface area is 95.7 Å². The van der Waals surface area contributed by atoms with Crippen molar-refractivity contribution >= 4 is 11.9 Å². The van der Waals surface area contributed by atoms with Gasteiger partial charge in [-0.1, -0.05) is 19.4 Å². The van der Waals surface area contributed by atoms with E-state index in [1.807, 2.05) is 6.92 Å². The Morgan fingerprint density at radius 1 is 1.56 bits per heavy atom. The van der Waals surface area contributed by atoms with Crippen molar-refractivity contribution in [2.75, 3.05) is 6.54 Å². The van der Waals surface area contributed by atoms with Crippen LogP contribution in [0.3, 0.4) is 0 Å². The molecule has 0 radical (unpaired) electrons. The van der Waals surface area contributed by atoms with Gasteiger partial charge >= 0.3 is 5.97 Å². The number of rotatable bonds is 8. The highest BCUT2D eigenvalue weighted by atomic mass is 16.4. The molecule has 4 N–H and O–H groups in total. The van der Waals surface area contributed by atoms with Gasteiger partial charge in [0.1, 0.15) is 6.04 Å². The highest BCUT2D eigenvalue weighted by Crippen LogP contribution is 2.05. The number of hydrogen-bond donors (Lipinski definition) is 3. The summed E-state index contributed by atoms with van der Waals surface area (Å²) in [6.07, 6.45) is 3.19. The molecule has 0 aromatic carbocycles. The number of carbonyl (C=O) groups excluding carboxylic acids is 1. The standard InChI is InChI=1S/C11H20N2O3/c1-3-5-8(7-12)10(14)13-9(6-4-2)11(15)16/h4,8-9H,2-3,5-7,12H2,1H3,(H,13,14)(H,15,16). The predicted octanol–water partition coefficient (Wildman–Crippen LogP) is 0.507. The maximum atomic E-state index is 11.7. The van der Waals surface area contributed by atoms with Crippen molar-refractivity contribution < 1.29 is 14.7 Å². The molecule has 0 heterocycles. The summed E-state index contributed by atoms with van der Waals surface area (Å²) in [7, 11) is 0. The first kappa shape index (κ1) is 14.6. The number of hydrogen-bond acceptors (Lipinski definition) is 3. The summed E-state index contributed by atoms with van der Waals surface area (Å²) in [6, 6.07) is -0.907. The minimum Gasteiger partial charge on any atom is -0.480 e. The van der Waals surface area contributed by atoms with Crippen LogP contribution in [-0.2, 0) is 9.59 Å². The summed E-state index contributed by atoms with van der Waals surface area (Å²) in [5, 5.41) is 11.3. The summed E-state index contributed by atoms with van der Waals surface area (Å²) in [4.78, 5) is 22.5. The van der Waals surface area contributed by atoms with Crippen molar-refractivity contribution in [3.63, 3.8) is 0 Å². The van der Waals surface area contributed by atoms with Gasteiger partial charge in [-0.15, -0.1) is 6.58 Å². The van der Waals surface area contributed by atoms with E-state index in [1.165, 1.54) is 6.08 Å². The third-order valence-electron chi connectivity index (χ3n) is 2.31. The number of nitrogens with one attached hydrogen (secondary N) is 1. The van der Waals surface area contributed by atoms with E-state index < -0.39 is 12.0 Å². The number of nitrogens with two attached hydrogens (primary N) is 1. The Morgan fingerprint density at radius 3 is 2.56 bits per heavy atom. The van der Waals surface area contributed by atoms with Crippen LogP contribution in [-0.4, -0.2) is 29.6 Å². The van der Waals surface area contributed by atoms with E-state index in [2.05, 4.69) is 11.9 Å². The molecule has 16 heavy (non-hydrogen) atoms. The molecule has 0 aliphatic heterocycles. The lowest BCUT2D eigenvalue weighted by Gasteiger charge is -2.17. The number of aliphatic carboxylic acids is 1. The number of amides is 1. The average Bonchev–Trinajstić information content (AvgIpc) is 2.24. The Hall–Kier alpha value is -1.36. The van der Waals surface area contributed by atoms with E-state index >= 15 is 0 Å². The summed E-state index contributed by atoms with van der Waals surface area (Å²) in [5.41, 5.74) is 5.46. The first-order valence-electron chi connectivity index (χ1n) is 5.40. The second kappa shape index (κ2) is 7.87. The molecule has 0 aromatic heterocycles. The zero-order chi connectivity index (χ0) is 12.6. The molecule has 0 bridgehead atoms. The zero-order valence-corrected chi connectivity index (χ0v) is 9.61. The van der Waals surface area contributed by atoms with Gasteiger partial charge in [-0.3, -0.25) is 4.79 Å². The van der Waals surface area contributed by atoms with E-state index in [0.29, 0.717) is 6.42 Å². The molecule has 92 valence electrons. The topological polar surface area (TPSA) is 92.4 Å². The van der Waals surface area contributed by atoms with Crippen molar-refractivity contribution in [2.24, 2.45) is 11.7 Å². The van der Waals surface area contributed by atoms with Crippen molar-refractivity contribution in [1.29, 1.82) is 0 Å². The molecule has 2 unspecified atom stereocenters. The molecular weight excluding hydrogens is 208 g/mol. The van der Waals surface area contributed by atoms with Crippen LogP contribution in [0.5, 0.6) is 0 Å². The Morgan fingerprint density at radius 2 is 2.19 bits per heavy atom. The quantitative estimate of drug-likeness (QED) is 0.528. The molecule has 0 aliphatic carbocycles. The fourth-order valence-electron chi connectivity index (χ4n) is 1.38. The monoisotopic (exact) mass is 228 g/mol. The molecule has 2 atom stereocenters. The van der Waals surface area contributed by atoms with Crippen LogP contribution in [0.2, 0.25) is 0 Å². The van der Waals surface area contributed by atoms with E-state index in [-0.39, 0.29) is 24.8 Å². The largest absolute Gasteiger partial charge is 0.480 e. The van der Waals surface area contributed by atoms with E-state index in [0.717, 1.165) is 6.42 Å². The van der Waals surface area contributed by atoms with Gasteiger partial charge in [-0.05, 0) is 12.8 Å². The van der Waals surface area contributed by atoms with Crippen LogP contribution >= 0.6 is 0 Å². The van der Waals surface area contributed by atoms with Gasteiger partial charge in [-0.25, -0.2) is 4.79 Å². The zero-order valence-electron chi connectivity index (χ0n) is 9.61. The molecule has 0 saturated heterocycles. The number of carboxylic acids is 1. The van der Waals surface area contributed by atoms with Crippen LogP contribution in [0.1, 0.15) is 26.2 Å². The molecule has 5 heteroatoms. The minimum absolute atomic E-state index is 0.213. The smallest absolute Gasteiger partial charge is 0.326 e. The maximum Gasteiger partial charge on any atom is 0.326 e. The lowest BCUT2D eigenvalue weighted by Crippen LogP contribution is -2.45. The molecule has 0 aliphatic rings. The van der Waals surface area contributed by atoms with E-state index in [9.17, 15) is 9.59 Å². The van der Waals surface area contributed by atoms with Crippen molar-refractivity contribution in [3.8, 4) is 0 Å². The average molecular weight is 228 g/mol. The second-order valence-corrected chi connectivity index (χ2v) is 3.65. The van der Waals surface area contributed by atoms with Gasteiger partial charge < -0.3 is 16.2 Å². The number of carbonyl (C=O) groups is 2. The van der Waals surface area contributed by atoms with E-state index in [4.69, 9.17) is 10.8 Å². The number of carboxylic acid groups (broad SMARTS) is 1. The molecule has 0 aromatic rings. The van der Waals surface area contributed by atoms with Gasteiger partial charge in [0.15, 0.2) is 0 Å². The van der Waals surface area contributed by atoms with Gasteiger partial charge in [0.25, 0.3) is 0 Å². The third-order valence-corrected chi connectivity index (χ3v) is 2.31. The highest BCUT2D eigenvalue weighted by Gasteiger charge is 2.22. The summed E-state index contributed by atoms with van der Waals surface area (Å²) >= 11 is 0. The van der Waals surface area contributed by atoms with Crippen LogP contribution in [0.25, 0.3) is 0 Å². The van der Waals surface area contributed by atoms with Gasteiger partial charge in [0.2, 0.25) is 5.91 Å². The first-order chi connectivity index (χ1) is 7.56. The molecule has 0 rings (SSSR count). The fourth-order valence-corrected chi connectivity index (χ4v) is 1.38. The molecular formula is C11H20N2O3. The lowest BCUT2D eigenvalue weighted by atomic mass is 10.0. The molecule has 0 saturated carbocycles. The van der Waals surface area contributed by atoms with Gasteiger partial charge in [0.05, 0.1) is 5.92 Å². The molecule has 0 spiro atoms. The Kier molecular flexibility index (Phi) is 7.20. The first-order valence-corrected chi connectivity index (χ1v) is 5.40. The van der Waals surface area contributed by atoms with Gasteiger partial charge in [0, 0.05) is 6.54 Å². The summed E-state index contributed by atoms with van der Waals surface area (Å²) < 4.78 is 0. The Bertz CT molecular complexity index is 254. The lowest BCUT2D eigenvalue weighted by molar-refractivity contribution is -0.142. The minimum atomic E-state index is -1.06. The van der Waals surface area contributed by atoms with E-state index in [1.54, 1.807) is 0 Å². The van der Waals surface area contributed by atoms with Crippen LogP contribution < -0.4 is 11.1 Å². The van der Waals surface area contributed by atoms with Crippen molar-refractivity contribution in [1.82, 2.24) is 5.32 Å². The summed E-state index contributed by atoms with van der Waals surface area (Å²) in [5.74, 6) is -1.66. The van der Waals surface area contributed by atoms with Crippen molar-refractivity contribution in [2.45, 2.75) is 32.2 Å². The normalized spacial score (nSPS) is 13.9. The Balaban J connectivity index is 4.36. The summed E-state index contributed by atoms with van der Waals surface area (Å²) in [6.45, 7) is 5.64. The second-order valence-electron chi connectivity index (χ2n) is 3.65.